The standard InChI is InChI=1S/C18H26N4S/c1-5-19-18(20-11-10-17-13-23-15(3)21-17)22(4)12-16-8-6-14(2)7-9-16/h6-9,13H,5,10-12H2,1-4H3,(H,19,20). The molecule has 0 unspecified atom stereocenters. The Morgan fingerprint density at radius 1 is 1.26 bits per heavy atom. The number of benzene rings is 1. The summed E-state index contributed by atoms with van der Waals surface area (Å²) in [5.41, 5.74) is 3.71. The number of thiazole rings is 1. The summed E-state index contributed by atoms with van der Waals surface area (Å²) in [6.07, 6.45) is 0.887. The van der Waals surface area contributed by atoms with Crippen LogP contribution < -0.4 is 5.32 Å². The zero-order valence-electron chi connectivity index (χ0n) is 14.5. The fourth-order valence-corrected chi connectivity index (χ4v) is 2.96. The van der Waals surface area contributed by atoms with Gasteiger partial charge < -0.3 is 10.2 Å². The van der Waals surface area contributed by atoms with Gasteiger partial charge in [0.05, 0.1) is 10.7 Å². The Hall–Kier alpha value is -1.88. The normalized spacial score (nSPS) is 11.6. The van der Waals surface area contributed by atoms with Crippen LogP contribution in [0.1, 0.15) is 28.8 Å². The molecule has 0 bridgehead atoms. The van der Waals surface area contributed by atoms with E-state index in [1.807, 2.05) is 6.92 Å². The van der Waals surface area contributed by atoms with E-state index >= 15 is 0 Å². The maximum Gasteiger partial charge on any atom is 0.193 e. The molecule has 0 saturated carbocycles. The highest BCUT2D eigenvalue weighted by Gasteiger charge is 2.06. The summed E-state index contributed by atoms with van der Waals surface area (Å²) in [4.78, 5) is 11.4. The Bertz CT molecular complexity index is 631. The van der Waals surface area contributed by atoms with Gasteiger partial charge in [0.1, 0.15) is 0 Å². The zero-order valence-corrected chi connectivity index (χ0v) is 15.3. The highest BCUT2D eigenvalue weighted by atomic mass is 32.1. The minimum Gasteiger partial charge on any atom is -0.357 e. The van der Waals surface area contributed by atoms with Crippen molar-refractivity contribution in [3.63, 3.8) is 0 Å². The van der Waals surface area contributed by atoms with Crippen LogP contribution in [0.4, 0.5) is 0 Å². The van der Waals surface area contributed by atoms with Crippen LogP contribution in [0.25, 0.3) is 0 Å². The topological polar surface area (TPSA) is 40.5 Å². The number of rotatable bonds is 6. The average Bonchev–Trinajstić information content (AvgIpc) is 2.94. The summed E-state index contributed by atoms with van der Waals surface area (Å²) < 4.78 is 0. The van der Waals surface area contributed by atoms with Crippen molar-refractivity contribution in [2.45, 2.75) is 33.7 Å². The molecule has 1 N–H and O–H groups in total. The lowest BCUT2D eigenvalue weighted by atomic mass is 10.1. The van der Waals surface area contributed by atoms with Gasteiger partial charge in [-0.25, -0.2) is 4.98 Å². The van der Waals surface area contributed by atoms with Crippen molar-refractivity contribution >= 4 is 17.3 Å². The van der Waals surface area contributed by atoms with Gasteiger partial charge in [0, 0.05) is 38.5 Å². The van der Waals surface area contributed by atoms with Gasteiger partial charge in [0.2, 0.25) is 0 Å². The first kappa shape index (κ1) is 17.5. The predicted octanol–water partition coefficient (Wildman–Crippen LogP) is 3.40. The van der Waals surface area contributed by atoms with Crippen LogP contribution in [-0.2, 0) is 13.0 Å². The zero-order chi connectivity index (χ0) is 16.7. The van der Waals surface area contributed by atoms with Crippen molar-refractivity contribution < 1.29 is 0 Å². The van der Waals surface area contributed by atoms with E-state index in [9.17, 15) is 0 Å². The molecule has 2 aromatic rings. The third-order valence-electron chi connectivity index (χ3n) is 3.53. The number of aliphatic imine (C=N–C) groups is 1. The van der Waals surface area contributed by atoms with E-state index in [0.717, 1.165) is 42.7 Å². The Balaban J connectivity index is 1.95. The van der Waals surface area contributed by atoms with E-state index in [0.29, 0.717) is 0 Å². The molecular formula is C18H26N4S. The molecule has 1 aromatic heterocycles. The van der Waals surface area contributed by atoms with Gasteiger partial charge in [-0.15, -0.1) is 11.3 Å². The second kappa shape index (κ2) is 8.67. The maximum atomic E-state index is 4.73. The minimum absolute atomic E-state index is 0.754. The molecule has 0 amide bonds. The molecular weight excluding hydrogens is 304 g/mol. The highest BCUT2D eigenvalue weighted by molar-refractivity contribution is 7.09. The predicted molar refractivity (Wildman–Crippen MR) is 99.2 cm³/mol. The van der Waals surface area contributed by atoms with Crippen LogP contribution in [0.2, 0.25) is 0 Å². The first-order valence-electron chi connectivity index (χ1n) is 8.04. The molecule has 5 heteroatoms. The quantitative estimate of drug-likeness (QED) is 0.652. The lowest BCUT2D eigenvalue weighted by molar-refractivity contribution is 0.477. The van der Waals surface area contributed by atoms with Gasteiger partial charge in [-0.3, -0.25) is 4.99 Å². The molecule has 0 saturated heterocycles. The van der Waals surface area contributed by atoms with E-state index in [-0.39, 0.29) is 0 Å². The molecule has 2 rings (SSSR count). The number of aromatic nitrogens is 1. The number of hydrogen-bond donors (Lipinski definition) is 1. The van der Waals surface area contributed by atoms with Gasteiger partial charge in [0.25, 0.3) is 0 Å². The largest absolute Gasteiger partial charge is 0.357 e. The van der Waals surface area contributed by atoms with Gasteiger partial charge in [-0.2, -0.15) is 0 Å². The monoisotopic (exact) mass is 330 g/mol. The number of nitrogens with one attached hydrogen (secondary N) is 1. The van der Waals surface area contributed by atoms with Gasteiger partial charge in [0.15, 0.2) is 5.96 Å². The Morgan fingerprint density at radius 3 is 2.61 bits per heavy atom. The minimum atomic E-state index is 0.754. The number of aryl methyl sites for hydroxylation is 2. The van der Waals surface area contributed by atoms with Crippen molar-refractivity contribution in [3.05, 3.63) is 51.5 Å². The fourth-order valence-electron chi connectivity index (χ4n) is 2.31. The summed E-state index contributed by atoms with van der Waals surface area (Å²) in [6.45, 7) is 8.72. The third-order valence-corrected chi connectivity index (χ3v) is 4.36. The molecule has 0 aliphatic heterocycles. The maximum absolute atomic E-state index is 4.73. The molecule has 23 heavy (non-hydrogen) atoms. The first-order chi connectivity index (χ1) is 11.1. The van der Waals surface area contributed by atoms with Gasteiger partial charge >= 0.3 is 0 Å². The third kappa shape index (κ3) is 5.67. The number of guanidine groups is 1. The van der Waals surface area contributed by atoms with Gasteiger partial charge in [-0.1, -0.05) is 29.8 Å². The van der Waals surface area contributed by atoms with E-state index in [2.05, 4.69) is 65.7 Å². The number of nitrogens with zero attached hydrogens (tertiary/aromatic N) is 3. The van der Waals surface area contributed by atoms with Crippen LogP contribution in [0.15, 0.2) is 34.6 Å². The molecule has 0 fully saturated rings. The van der Waals surface area contributed by atoms with E-state index in [1.54, 1.807) is 11.3 Å². The number of hydrogen-bond acceptors (Lipinski definition) is 3. The molecule has 0 atom stereocenters. The van der Waals surface area contributed by atoms with Crippen LogP contribution in [0.5, 0.6) is 0 Å². The summed E-state index contributed by atoms with van der Waals surface area (Å²) in [7, 11) is 2.08. The molecule has 0 radical (unpaired) electrons. The fraction of sp³-hybridized carbons (Fsp3) is 0.444. The Morgan fingerprint density at radius 2 is 2.00 bits per heavy atom. The molecule has 0 aliphatic rings. The Labute approximate surface area is 143 Å². The Kier molecular flexibility index (Phi) is 6.59. The SMILES string of the molecule is CCNC(=NCCc1csc(C)n1)N(C)Cc1ccc(C)cc1. The second-order valence-corrected chi connectivity index (χ2v) is 6.75. The molecule has 1 heterocycles. The summed E-state index contributed by atoms with van der Waals surface area (Å²) in [6, 6.07) is 8.65. The van der Waals surface area contributed by atoms with Crippen molar-refractivity contribution in [2.75, 3.05) is 20.1 Å². The summed E-state index contributed by atoms with van der Waals surface area (Å²) >= 11 is 1.70. The van der Waals surface area contributed by atoms with Gasteiger partial charge in [-0.05, 0) is 26.3 Å². The summed E-state index contributed by atoms with van der Waals surface area (Å²) in [5, 5.41) is 6.60. The van der Waals surface area contributed by atoms with Crippen LogP contribution in [-0.4, -0.2) is 36.0 Å². The molecule has 1 aromatic carbocycles. The van der Waals surface area contributed by atoms with Crippen LogP contribution in [0, 0.1) is 13.8 Å². The van der Waals surface area contributed by atoms with Crippen molar-refractivity contribution in [1.29, 1.82) is 0 Å². The lowest BCUT2D eigenvalue weighted by Crippen LogP contribution is -2.38. The van der Waals surface area contributed by atoms with Crippen molar-refractivity contribution in [2.24, 2.45) is 4.99 Å². The van der Waals surface area contributed by atoms with E-state index < -0.39 is 0 Å². The molecule has 124 valence electrons. The average molecular weight is 331 g/mol. The molecule has 0 aliphatic carbocycles. The van der Waals surface area contributed by atoms with Crippen molar-refractivity contribution in [1.82, 2.24) is 15.2 Å². The van der Waals surface area contributed by atoms with Crippen LogP contribution >= 0.6 is 11.3 Å². The smallest absolute Gasteiger partial charge is 0.193 e. The molecule has 0 spiro atoms. The lowest BCUT2D eigenvalue weighted by Gasteiger charge is -2.22. The second-order valence-electron chi connectivity index (χ2n) is 5.69. The van der Waals surface area contributed by atoms with Crippen LogP contribution in [0.3, 0.4) is 0 Å². The van der Waals surface area contributed by atoms with E-state index in [4.69, 9.17) is 4.99 Å². The first-order valence-corrected chi connectivity index (χ1v) is 8.92. The summed E-state index contributed by atoms with van der Waals surface area (Å²) in [5.74, 6) is 0.944. The highest BCUT2D eigenvalue weighted by Crippen LogP contribution is 2.09. The van der Waals surface area contributed by atoms with E-state index in [1.165, 1.54) is 11.1 Å². The molecule has 4 nitrogen and oxygen atoms in total. The van der Waals surface area contributed by atoms with Crippen molar-refractivity contribution in [3.8, 4) is 0 Å².